The van der Waals surface area contributed by atoms with E-state index in [0.717, 1.165) is 5.56 Å². The minimum Gasteiger partial charge on any atom is -0.488 e. The minimum atomic E-state index is -0.284. The summed E-state index contributed by atoms with van der Waals surface area (Å²) in [7, 11) is 0. The third kappa shape index (κ3) is 5.69. The molecule has 0 spiro atoms. The van der Waals surface area contributed by atoms with Crippen LogP contribution < -0.4 is 15.9 Å². The molecule has 28 heavy (non-hydrogen) atoms. The van der Waals surface area contributed by atoms with Crippen molar-refractivity contribution in [3.63, 3.8) is 0 Å². The number of hydrogen-bond acceptors (Lipinski definition) is 6. The van der Waals surface area contributed by atoms with Crippen LogP contribution in [-0.4, -0.2) is 17.1 Å². The van der Waals surface area contributed by atoms with Gasteiger partial charge in [0.2, 0.25) is 5.91 Å². The van der Waals surface area contributed by atoms with Crippen LogP contribution in [-0.2, 0) is 17.8 Å². The summed E-state index contributed by atoms with van der Waals surface area (Å²) >= 11 is 13.4. The molecule has 0 bridgehead atoms. The van der Waals surface area contributed by atoms with E-state index in [-0.39, 0.29) is 18.9 Å². The van der Waals surface area contributed by atoms with Crippen molar-refractivity contribution in [1.82, 2.24) is 10.4 Å². The second-order valence-electron chi connectivity index (χ2n) is 5.71. The smallest absolute Gasteiger partial charge is 0.246 e. The summed E-state index contributed by atoms with van der Waals surface area (Å²) in [5, 5.41) is 7.26. The third-order valence-corrected chi connectivity index (χ3v) is 4.93. The summed E-state index contributed by atoms with van der Waals surface area (Å²) in [5.41, 5.74) is 10.2. The van der Waals surface area contributed by atoms with E-state index in [4.69, 9.17) is 33.7 Å². The summed E-state index contributed by atoms with van der Waals surface area (Å²) in [4.78, 5) is 16.0. The molecule has 0 aliphatic heterocycles. The zero-order valence-corrected chi connectivity index (χ0v) is 16.9. The average molecular weight is 435 g/mol. The number of hydrazone groups is 1. The largest absolute Gasteiger partial charge is 0.488 e. The molecule has 9 heteroatoms. The van der Waals surface area contributed by atoms with Crippen LogP contribution in [0.5, 0.6) is 5.75 Å². The highest BCUT2D eigenvalue weighted by Gasteiger charge is 2.07. The minimum absolute atomic E-state index is 0.109. The van der Waals surface area contributed by atoms with Crippen LogP contribution >= 0.6 is 34.5 Å². The molecule has 6 nitrogen and oxygen atoms in total. The van der Waals surface area contributed by atoms with Gasteiger partial charge in [0, 0.05) is 26.6 Å². The van der Waals surface area contributed by atoms with Crippen molar-refractivity contribution in [3.05, 3.63) is 74.7 Å². The monoisotopic (exact) mass is 434 g/mol. The molecule has 1 heterocycles. The molecule has 144 valence electrons. The third-order valence-electron chi connectivity index (χ3n) is 3.62. The number of amides is 1. The molecule has 0 aliphatic rings. The second kappa shape index (κ2) is 9.54. The van der Waals surface area contributed by atoms with Gasteiger partial charge < -0.3 is 10.5 Å². The Hall–Kier alpha value is -2.61. The highest BCUT2D eigenvalue weighted by atomic mass is 35.5. The van der Waals surface area contributed by atoms with Crippen LogP contribution in [0.2, 0.25) is 10.0 Å². The van der Waals surface area contributed by atoms with Gasteiger partial charge in [-0.2, -0.15) is 5.10 Å². The van der Waals surface area contributed by atoms with Crippen molar-refractivity contribution < 1.29 is 9.53 Å². The lowest BCUT2D eigenvalue weighted by molar-refractivity contribution is -0.120. The highest BCUT2D eigenvalue weighted by Crippen LogP contribution is 2.23. The number of carbonyl (C=O) groups is 1. The molecule has 0 saturated carbocycles. The Morgan fingerprint density at radius 1 is 1.29 bits per heavy atom. The number of thiazole rings is 1. The van der Waals surface area contributed by atoms with E-state index in [9.17, 15) is 4.79 Å². The van der Waals surface area contributed by atoms with E-state index >= 15 is 0 Å². The number of nitrogens with one attached hydrogen (secondary N) is 1. The summed E-state index contributed by atoms with van der Waals surface area (Å²) in [6.45, 7) is 0.276. The fraction of sp³-hybridized carbons (Fsp3) is 0.105. The molecule has 1 aromatic heterocycles. The van der Waals surface area contributed by atoms with Gasteiger partial charge in [-0.3, -0.25) is 4.79 Å². The lowest BCUT2D eigenvalue weighted by Gasteiger charge is -2.10. The van der Waals surface area contributed by atoms with Gasteiger partial charge in [0.1, 0.15) is 12.4 Å². The molecule has 1 amide bonds. The zero-order chi connectivity index (χ0) is 19.9. The fourth-order valence-corrected chi connectivity index (χ4v) is 3.32. The summed E-state index contributed by atoms with van der Waals surface area (Å²) in [6, 6.07) is 12.6. The van der Waals surface area contributed by atoms with E-state index in [1.54, 1.807) is 17.5 Å². The first-order valence-electron chi connectivity index (χ1n) is 8.19. The lowest BCUT2D eigenvalue weighted by Crippen LogP contribution is -2.20. The van der Waals surface area contributed by atoms with Crippen LogP contribution in [0.4, 0.5) is 5.13 Å². The maximum Gasteiger partial charge on any atom is 0.246 e. The Labute approximate surface area is 176 Å². The number of aromatic nitrogens is 1. The molecule has 0 fully saturated rings. The zero-order valence-electron chi connectivity index (χ0n) is 14.6. The number of para-hydroxylation sites is 1. The van der Waals surface area contributed by atoms with Crippen molar-refractivity contribution >= 4 is 51.8 Å². The molecule has 0 atom stereocenters. The van der Waals surface area contributed by atoms with Crippen molar-refractivity contribution in [2.45, 2.75) is 13.0 Å². The normalized spacial score (nSPS) is 10.9. The van der Waals surface area contributed by atoms with E-state index < -0.39 is 0 Å². The van der Waals surface area contributed by atoms with Crippen LogP contribution in [0.25, 0.3) is 0 Å². The molecule has 2 aromatic carbocycles. The van der Waals surface area contributed by atoms with E-state index in [1.165, 1.54) is 17.6 Å². The maximum atomic E-state index is 11.9. The van der Waals surface area contributed by atoms with Crippen LogP contribution in [0.15, 0.2) is 52.9 Å². The Morgan fingerprint density at radius 2 is 2.11 bits per heavy atom. The number of rotatable bonds is 7. The van der Waals surface area contributed by atoms with Gasteiger partial charge in [0.05, 0.1) is 18.3 Å². The van der Waals surface area contributed by atoms with Crippen molar-refractivity contribution in [1.29, 1.82) is 0 Å². The Balaban J connectivity index is 1.60. The first-order chi connectivity index (χ1) is 13.5. The lowest BCUT2D eigenvalue weighted by atomic mass is 10.2. The van der Waals surface area contributed by atoms with Crippen molar-refractivity contribution in [2.75, 3.05) is 5.73 Å². The first kappa shape index (κ1) is 20.1. The number of nitrogens with zero attached hydrogens (tertiary/aromatic N) is 2. The quantitative estimate of drug-likeness (QED) is 0.428. The number of benzene rings is 2. The van der Waals surface area contributed by atoms with Crippen molar-refractivity contribution in [2.24, 2.45) is 5.10 Å². The number of nitrogen functional groups attached to an aromatic ring is 1. The number of hydrogen-bond donors (Lipinski definition) is 2. The van der Waals surface area contributed by atoms with E-state index in [1.807, 2.05) is 30.3 Å². The van der Waals surface area contributed by atoms with E-state index in [0.29, 0.717) is 32.2 Å². The Morgan fingerprint density at radius 3 is 2.86 bits per heavy atom. The average Bonchev–Trinajstić information content (AvgIpc) is 3.06. The molecule has 0 aliphatic carbocycles. The highest BCUT2D eigenvalue weighted by molar-refractivity contribution is 7.13. The summed E-state index contributed by atoms with van der Waals surface area (Å²) in [6.07, 6.45) is 1.63. The maximum absolute atomic E-state index is 11.9. The van der Waals surface area contributed by atoms with Gasteiger partial charge in [-0.15, -0.1) is 11.3 Å². The number of ether oxygens (including phenoxy) is 1. The van der Waals surface area contributed by atoms with Gasteiger partial charge in [-0.05, 0) is 24.3 Å². The SMILES string of the molecule is Nc1nc(CC(=O)N/N=C/c2ccccc2OCc2ccc(Cl)cc2Cl)cs1. The number of nitrogens with two attached hydrogens (primary N) is 1. The number of anilines is 1. The summed E-state index contributed by atoms with van der Waals surface area (Å²) < 4.78 is 5.85. The molecular weight excluding hydrogens is 419 g/mol. The van der Waals surface area contributed by atoms with Gasteiger partial charge >= 0.3 is 0 Å². The molecule has 3 N–H and O–H groups in total. The van der Waals surface area contributed by atoms with Crippen LogP contribution in [0.1, 0.15) is 16.8 Å². The van der Waals surface area contributed by atoms with Crippen LogP contribution in [0.3, 0.4) is 0 Å². The second-order valence-corrected chi connectivity index (χ2v) is 7.44. The van der Waals surface area contributed by atoms with E-state index in [2.05, 4.69) is 15.5 Å². The van der Waals surface area contributed by atoms with Gasteiger partial charge in [-0.25, -0.2) is 10.4 Å². The number of halogens is 2. The topological polar surface area (TPSA) is 89.6 Å². The molecular formula is C19H16Cl2N4O2S. The fourth-order valence-electron chi connectivity index (χ4n) is 2.29. The van der Waals surface area contributed by atoms with Crippen LogP contribution in [0, 0.1) is 0 Å². The predicted octanol–water partition coefficient (Wildman–Crippen LogP) is 4.30. The standard InChI is InChI=1S/C19H16Cl2N4O2S/c20-14-6-5-13(16(21)7-14)10-27-17-4-2-1-3-12(17)9-23-25-18(26)8-15-11-28-19(22)24-15/h1-7,9,11H,8,10H2,(H2,22,24)(H,25,26)/b23-9+. The Bertz CT molecular complexity index is 1010. The van der Waals surface area contributed by atoms with Gasteiger partial charge in [0.15, 0.2) is 5.13 Å². The molecule has 0 radical (unpaired) electrons. The molecule has 3 aromatic rings. The molecule has 3 rings (SSSR count). The first-order valence-corrected chi connectivity index (χ1v) is 9.82. The predicted molar refractivity (Wildman–Crippen MR) is 113 cm³/mol. The molecule has 0 saturated heterocycles. The Kier molecular flexibility index (Phi) is 6.86. The van der Waals surface area contributed by atoms with Crippen molar-refractivity contribution in [3.8, 4) is 5.75 Å². The summed E-state index contributed by atoms with van der Waals surface area (Å²) in [5.74, 6) is 0.326. The number of carbonyl (C=O) groups excluding carboxylic acids is 1. The van der Waals surface area contributed by atoms with Gasteiger partial charge in [-0.1, -0.05) is 41.4 Å². The van der Waals surface area contributed by atoms with Gasteiger partial charge in [0.25, 0.3) is 0 Å². The molecule has 0 unspecified atom stereocenters.